The number of nitrogens with one attached hydrogen (secondary N) is 1. The lowest BCUT2D eigenvalue weighted by Gasteiger charge is -2.27. The monoisotopic (exact) mass is 329 g/mol. The van der Waals surface area contributed by atoms with Crippen LogP contribution in [-0.2, 0) is 16.0 Å². The van der Waals surface area contributed by atoms with Crippen LogP contribution in [0.4, 0.5) is 5.95 Å². The van der Waals surface area contributed by atoms with E-state index in [-0.39, 0.29) is 18.3 Å². The predicted octanol–water partition coefficient (Wildman–Crippen LogP) is 3.02. The Morgan fingerprint density at radius 3 is 2.58 bits per heavy atom. The van der Waals surface area contributed by atoms with Crippen molar-refractivity contribution in [3.63, 3.8) is 0 Å². The number of imidazole rings is 1. The van der Waals surface area contributed by atoms with E-state index in [1.54, 1.807) is 6.20 Å². The Morgan fingerprint density at radius 1 is 1.25 bits per heavy atom. The number of carbonyl (C=O) groups is 2. The van der Waals surface area contributed by atoms with Gasteiger partial charge in [0.15, 0.2) is 0 Å². The molecule has 0 aliphatic carbocycles. The van der Waals surface area contributed by atoms with Gasteiger partial charge in [0.25, 0.3) is 0 Å². The van der Waals surface area contributed by atoms with Crippen LogP contribution in [-0.4, -0.2) is 33.0 Å². The molecule has 2 N–H and O–H groups in total. The number of anilines is 1. The quantitative estimate of drug-likeness (QED) is 0.692. The minimum absolute atomic E-state index is 0.221. The number of unbranched alkanes of at least 4 members (excludes halogenated alkanes) is 2. The first-order valence-corrected chi connectivity index (χ1v) is 8.21. The molecule has 6 nitrogen and oxygen atoms in total. The summed E-state index contributed by atoms with van der Waals surface area (Å²) < 4.78 is 0. The van der Waals surface area contributed by atoms with Crippen molar-refractivity contribution in [1.82, 2.24) is 9.97 Å². The molecule has 0 saturated carbocycles. The first-order valence-electron chi connectivity index (χ1n) is 8.21. The number of hydrogen-bond acceptors (Lipinski definition) is 3. The summed E-state index contributed by atoms with van der Waals surface area (Å²) in [6.07, 6.45) is 6.33. The molecule has 1 heterocycles. The number of carbonyl (C=O) groups excluding carboxylic acids is 1. The lowest BCUT2D eigenvalue weighted by atomic mass is 10.0. The maximum Gasteiger partial charge on any atom is 0.327 e. The van der Waals surface area contributed by atoms with Gasteiger partial charge in [0.05, 0.1) is 0 Å². The number of aromatic nitrogens is 2. The number of aliphatic carboxylic acids is 1. The van der Waals surface area contributed by atoms with Gasteiger partial charge in [0, 0.05) is 25.2 Å². The van der Waals surface area contributed by atoms with Crippen molar-refractivity contribution < 1.29 is 14.7 Å². The molecule has 0 spiro atoms. The summed E-state index contributed by atoms with van der Waals surface area (Å²) in [4.78, 5) is 32.7. The summed E-state index contributed by atoms with van der Waals surface area (Å²) in [5.41, 5.74) is 0.864. The Balaban J connectivity index is 2.24. The first kappa shape index (κ1) is 17.7. The predicted molar refractivity (Wildman–Crippen MR) is 91.8 cm³/mol. The lowest BCUT2D eigenvalue weighted by Crippen LogP contribution is -2.47. The average molecular weight is 329 g/mol. The molecular formula is C18H23N3O3. The van der Waals surface area contributed by atoms with Crippen molar-refractivity contribution in [1.29, 1.82) is 0 Å². The fourth-order valence-electron chi connectivity index (χ4n) is 2.60. The van der Waals surface area contributed by atoms with E-state index in [0.29, 0.717) is 6.42 Å². The smallest absolute Gasteiger partial charge is 0.327 e. The normalized spacial score (nSPS) is 11.9. The first-order chi connectivity index (χ1) is 11.6. The van der Waals surface area contributed by atoms with Crippen LogP contribution in [0.1, 0.15) is 38.2 Å². The third-order valence-electron chi connectivity index (χ3n) is 3.84. The van der Waals surface area contributed by atoms with Crippen LogP contribution in [0.2, 0.25) is 0 Å². The van der Waals surface area contributed by atoms with Crippen LogP contribution >= 0.6 is 0 Å². The molecule has 0 bridgehead atoms. The highest BCUT2D eigenvalue weighted by Crippen LogP contribution is 2.18. The Kier molecular flexibility index (Phi) is 6.54. The molecule has 1 atom stereocenters. The lowest BCUT2D eigenvalue weighted by molar-refractivity contribution is -0.140. The number of rotatable bonds is 9. The van der Waals surface area contributed by atoms with Crippen LogP contribution < -0.4 is 4.90 Å². The number of nitrogens with zero attached hydrogens (tertiary/aromatic N) is 2. The molecule has 0 aliphatic rings. The number of amides is 1. The fourth-order valence-corrected chi connectivity index (χ4v) is 2.60. The van der Waals surface area contributed by atoms with E-state index in [4.69, 9.17) is 0 Å². The number of hydrogen-bond donors (Lipinski definition) is 2. The Morgan fingerprint density at radius 2 is 2.00 bits per heavy atom. The largest absolute Gasteiger partial charge is 0.480 e. The maximum absolute atomic E-state index is 12.7. The van der Waals surface area contributed by atoms with Gasteiger partial charge in [-0.15, -0.1) is 0 Å². The van der Waals surface area contributed by atoms with Gasteiger partial charge in [-0.1, -0.05) is 50.1 Å². The molecule has 1 aromatic carbocycles. The minimum atomic E-state index is -1.04. The highest BCUT2D eigenvalue weighted by atomic mass is 16.4. The van der Waals surface area contributed by atoms with Crippen LogP contribution in [0.15, 0.2) is 42.7 Å². The zero-order valence-electron chi connectivity index (χ0n) is 13.8. The summed E-state index contributed by atoms with van der Waals surface area (Å²) in [7, 11) is 0. The van der Waals surface area contributed by atoms with E-state index in [1.807, 2.05) is 30.3 Å². The highest BCUT2D eigenvalue weighted by Gasteiger charge is 2.32. The standard InChI is InChI=1S/C18H23N3O3/c1-2-3-5-10-16(22)21(18-19-11-12-20-18)15(17(23)24)13-14-8-6-4-7-9-14/h4,6-9,11-12,15H,2-3,5,10,13H2,1H3,(H,19,20)(H,23,24). The molecular weight excluding hydrogens is 306 g/mol. The van der Waals surface area contributed by atoms with Gasteiger partial charge in [-0.05, 0) is 12.0 Å². The van der Waals surface area contributed by atoms with E-state index in [2.05, 4.69) is 16.9 Å². The highest BCUT2D eigenvalue weighted by molar-refractivity contribution is 5.97. The molecule has 0 aliphatic heterocycles. The van der Waals surface area contributed by atoms with Gasteiger partial charge in [-0.2, -0.15) is 0 Å². The minimum Gasteiger partial charge on any atom is -0.480 e. The summed E-state index contributed by atoms with van der Waals surface area (Å²) in [5.74, 6) is -0.986. The second kappa shape index (κ2) is 8.86. The molecule has 128 valence electrons. The SMILES string of the molecule is CCCCCC(=O)N(c1ncc[nH]1)C(Cc1ccccc1)C(=O)O. The van der Waals surface area contributed by atoms with Crippen molar-refractivity contribution in [2.45, 2.75) is 45.1 Å². The zero-order chi connectivity index (χ0) is 17.4. The van der Waals surface area contributed by atoms with Crippen LogP contribution in [0, 0.1) is 0 Å². The second-order valence-electron chi connectivity index (χ2n) is 5.68. The maximum atomic E-state index is 12.7. The van der Waals surface area contributed by atoms with Crippen molar-refractivity contribution in [2.24, 2.45) is 0 Å². The topological polar surface area (TPSA) is 86.3 Å². The molecule has 24 heavy (non-hydrogen) atoms. The van der Waals surface area contributed by atoms with Gasteiger partial charge in [-0.25, -0.2) is 9.78 Å². The summed E-state index contributed by atoms with van der Waals surface area (Å²) in [5, 5.41) is 9.69. The summed E-state index contributed by atoms with van der Waals surface area (Å²) in [6.45, 7) is 2.06. The molecule has 0 radical (unpaired) electrons. The molecule has 2 aromatic rings. The zero-order valence-corrected chi connectivity index (χ0v) is 13.8. The van der Waals surface area contributed by atoms with Gasteiger partial charge in [0.1, 0.15) is 6.04 Å². The van der Waals surface area contributed by atoms with Gasteiger partial charge in [0.2, 0.25) is 11.9 Å². The van der Waals surface area contributed by atoms with E-state index < -0.39 is 12.0 Å². The third-order valence-corrected chi connectivity index (χ3v) is 3.84. The molecule has 1 aromatic heterocycles. The molecule has 6 heteroatoms. The Labute approximate surface area is 141 Å². The van der Waals surface area contributed by atoms with Crippen LogP contribution in [0.3, 0.4) is 0 Å². The number of aromatic amines is 1. The molecule has 0 fully saturated rings. The van der Waals surface area contributed by atoms with Crippen molar-refractivity contribution in [2.75, 3.05) is 4.90 Å². The molecule has 0 saturated heterocycles. The van der Waals surface area contributed by atoms with E-state index in [0.717, 1.165) is 24.8 Å². The average Bonchev–Trinajstić information content (AvgIpc) is 3.09. The van der Waals surface area contributed by atoms with Gasteiger partial charge < -0.3 is 10.1 Å². The molecule has 1 unspecified atom stereocenters. The van der Waals surface area contributed by atoms with Crippen molar-refractivity contribution >= 4 is 17.8 Å². The number of benzene rings is 1. The fraction of sp³-hybridized carbons (Fsp3) is 0.389. The van der Waals surface area contributed by atoms with E-state index in [9.17, 15) is 14.7 Å². The Bertz CT molecular complexity index is 641. The van der Waals surface area contributed by atoms with E-state index in [1.165, 1.54) is 11.1 Å². The molecule has 1 amide bonds. The number of H-pyrrole nitrogens is 1. The summed E-state index contributed by atoms with van der Waals surface area (Å²) in [6, 6.07) is 8.31. The van der Waals surface area contributed by atoms with Gasteiger partial charge in [-0.3, -0.25) is 9.69 Å². The second-order valence-corrected chi connectivity index (χ2v) is 5.68. The number of carboxylic acids is 1. The third kappa shape index (κ3) is 4.68. The molecule has 2 rings (SSSR count). The van der Waals surface area contributed by atoms with Crippen LogP contribution in [0.25, 0.3) is 0 Å². The van der Waals surface area contributed by atoms with Crippen molar-refractivity contribution in [3.05, 3.63) is 48.3 Å². The van der Waals surface area contributed by atoms with Crippen LogP contribution in [0.5, 0.6) is 0 Å². The van der Waals surface area contributed by atoms with Gasteiger partial charge >= 0.3 is 5.97 Å². The number of carboxylic acid groups (broad SMARTS) is 1. The van der Waals surface area contributed by atoms with Crippen molar-refractivity contribution in [3.8, 4) is 0 Å². The van der Waals surface area contributed by atoms with E-state index >= 15 is 0 Å². The Hall–Kier alpha value is -2.63. The summed E-state index contributed by atoms with van der Waals surface area (Å²) >= 11 is 0.